The van der Waals surface area contributed by atoms with Gasteiger partial charge in [0, 0.05) is 20.6 Å². The first-order chi connectivity index (χ1) is 9.63. The summed E-state index contributed by atoms with van der Waals surface area (Å²) >= 11 is 0. The second kappa shape index (κ2) is 5.92. The van der Waals surface area contributed by atoms with Gasteiger partial charge in [-0.2, -0.15) is 30.0 Å². The average molecular weight is 273 g/mol. The van der Waals surface area contributed by atoms with Crippen LogP contribution in [-0.2, 0) is 0 Å². The molecule has 0 fully saturated rings. The van der Waals surface area contributed by atoms with Crippen LogP contribution in [0.5, 0.6) is 0 Å². The molecule has 20 heavy (non-hydrogen) atoms. The molecule has 2 rings (SSSR count). The first kappa shape index (κ1) is 13.7. The molecule has 0 saturated carbocycles. The normalized spacial score (nSPS) is 11.7. The molecule has 2 heterocycles. The fourth-order valence-corrected chi connectivity index (χ4v) is 1.58. The molecule has 0 spiro atoms. The third-order valence-electron chi connectivity index (χ3n) is 2.57. The Hall–Kier alpha value is -2.76. The molecule has 9 heteroatoms. The molecule has 0 saturated heterocycles. The Morgan fingerprint density at radius 2 is 2.25 bits per heavy atom. The molecule has 0 bridgehead atoms. The van der Waals surface area contributed by atoms with E-state index < -0.39 is 0 Å². The van der Waals surface area contributed by atoms with E-state index in [9.17, 15) is 0 Å². The standard InChI is InChI=1S/C11H15N9/c1-8(4-12)5-19(3)10-16-9(13-2)17-11(18-10)20-7-14-6-15-20/h6-8H,5H2,1-3H3,(H,13,16,17,18). The largest absolute Gasteiger partial charge is 0.357 e. The number of nitriles is 1. The van der Waals surface area contributed by atoms with Crippen LogP contribution in [-0.4, -0.2) is 50.4 Å². The molecule has 0 aliphatic carbocycles. The zero-order chi connectivity index (χ0) is 14.5. The number of hydrogen-bond acceptors (Lipinski definition) is 8. The summed E-state index contributed by atoms with van der Waals surface area (Å²) in [5.74, 6) is 1.15. The molecule has 0 radical (unpaired) electrons. The fraction of sp³-hybridized carbons (Fsp3) is 0.455. The van der Waals surface area contributed by atoms with Gasteiger partial charge in [-0.3, -0.25) is 0 Å². The predicted molar refractivity (Wildman–Crippen MR) is 72.3 cm³/mol. The molecule has 0 aliphatic heterocycles. The van der Waals surface area contributed by atoms with Gasteiger partial charge in [-0.25, -0.2) is 4.98 Å². The van der Waals surface area contributed by atoms with Crippen molar-refractivity contribution in [2.24, 2.45) is 5.92 Å². The summed E-state index contributed by atoms with van der Waals surface area (Å²) in [5, 5.41) is 15.7. The molecular weight excluding hydrogens is 258 g/mol. The number of nitrogens with one attached hydrogen (secondary N) is 1. The van der Waals surface area contributed by atoms with Crippen molar-refractivity contribution in [1.82, 2.24) is 29.7 Å². The van der Waals surface area contributed by atoms with Crippen molar-refractivity contribution in [3.8, 4) is 12.0 Å². The van der Waals surface area contributed by atoms with E-state index in [1.165, 1.54) is 17.3 Å². The zero-order valence-electron chi connectivity index (χ0n) is 11.5. The molecule has 2 aromatic heterocycles. The Morgan fingerprint density at radius 3 is 2.85 bits per heavy atom. The molecule has 0 aromatic carbocycles. The van der Waals surface area contributed by atoms with Crippen LogP contribution in [0.4, 0.5) is 11.9 Å². The summed E-state index contributed by atoms with van der Waals surface area (Å²) in [6, 6.07) is 2.18. The number of nitrogens with zero attached hydrogens (tertiary/aromatic N) is 8. The lowest BCUT2D eigenvalue weighted by atomic mass is 10.2. The topological polar surface area (TPSA) is 108 Å². The summed E-state index contributed by atoms with van der Waals surface area (Å²) in [7, 11) is 3.55. The van der Waals surface area contributed by atoms with Crippen LogP contribution >= 0.6 is 0 Å². The van der Waals surface area contributed by atoms with E-state index >= 15 is 0 Å². The van der Waals surface area contributed by atoms with Gasteiger partial charge in [0.2, 0.25) is 11.9 Å². The first-order valence-electron chi connectivity index (χ1n) is 6.03. The smallest absolute Gasteiger partial charge is 0.258 e. The summed E-state index contributed by atoms with van der Waals surface area (Å²) in [4.78, 5) is 18.5. The van der Waals surface area contributed by atoms with E-state index in [0.717, 1.165) is 0 Å². The molecular formula is C11H15N9. The van der Waals surface area contributed by atoms with Crippen molar-refractivity contribution in [1.29, 1.82) is 5.26 Å². The zero-order valence-corrected chi connectivity index (χ0v) is 11.5. The van der Waals surface area contributed by atoms with Crippen LogP contribution in [0, 0.1) is 17.2 Å². The van der Waals surface area contributed by atoms with Crippen molar-refractivity contribution >= 4 is 11.9 Å². The quantitative estimate of drug-likeness (QED) is 0.816. The highest BCUT2D eigenvalue weighted by molar-refractivity contribution is 5.39. The summed E-state index contributed by atoms with van der Waals surface area (Å²) in [5.41, 5.74) is 0. The lowest BCUT2D eigenvalue weighted by molar-refractivity contribution is 0.694. The van der Waals surface area contributed by atoms with Crippen LogP contribution in [0.1, 0.15) is 6.92 Å². The summed E-state index contributed by atoms with van der Waals surface area (Å²) in [6.07, 6.45) is 2.92. The van der Waals surface area contributed by atoms with Gasteiger partial charge >= 0.3 is 0 Å². The van der Waals surface area contributed by atoms with E-state index in [-0.39, 0.29) is 5.92 Å². The van der Waals surface area contributed by atoms with Crippen molar-refractivity contribution in [3.63, 3.8) is 0 Å². The van der Waals surface area contributed by atoms with Gasteiger partial charge in [0.1, 0.15) is 12.7 Å². The minimum Gasteiger partial charge on any atom is -0.357 e. The predicted octanol–water partition coefficient (Wildman–Crippen LogP) is 0.0899. The third-order valence-corrected chi connectivity index (χ3v) is 2.57. The van der Waals surface area contributed by atoms with Gasteiger partial charge in [0.15, 0.2) is 0 Å². The third kappa shape index (κ3) is 2.97. The van der Waals surface area contributed by atoms with Gasteiger partial charge in [-0.05, 0) is 6.92 Å². The van der Waals surface area contributed by atoms with Crippen molar-refractivity contribution in [2.45, 2.75) is 6.92 Å². The maximum absolute atomic E-state index is 8.87. The van der Waals surface area contributed by atoms with Gasteiger partial charge in [-0.1, -0.05) is 0 Å². The molecule has 2 aromatic rings. The number of aromatic nitrogens is 6. The molecule has 104 valence electrons. The number of hydrogen-bond donors (Lipinski definition) is 1. The van der Waals surface area contributed by atoms with Crippen LogP contribution in [0.3, 0.4) is 0 Å². The van der Waals surface area contributed by atoms with Gasteiger partial charge < -0.3 is 10.2 Å². The van der Waals surface area contributed by atoms with E-state index in [1.54, 1.807) is 11.9 Å². The molecule has 0 aliphatic rings. The molecule has 0 amide bonds. The van der Waals surface area contributed by atoms with Crippen molar-refractivity contribution in [2.75, 3.05) is 30.9 Å². The van der Waals surface area contributed by atoms with Crippen molar-refractivity contribution in [3.05, 3.63) is 12.7 Å². The Morgan fingerprint density at radius 1 is 1.45 bits per heavy atom. The maximum Gasteiger partial charge on any atom is 0.258 e. The molecule has 1 atom stereocenters. The summed E-state index contributed by atoms with van der Waals surface area (Å²) in [6.45, 7) is 2.37. The van der Waals surface area contributed by atoms with E-state index in [2.05, 4.69) is 36.4 Å². The molecule has 1 N–H and O–H groups in total. The maximum atomic E-state index is 8.87. The van der Waals surface area contributed by atoms with E-state index in [0.29, 0.717) is 24.4 Å². The Kier molecular flexibility index (Phi) is 4.05. The lowest BCUT2D eigenvalue weighted by Gasteiger charge is -2.18. The Bertz CT molecular complexity index is 601. The highest BCUT2D eigenvalue weighted by Gasteiger charge is 2.13. The minimum atomic E-state index is -0.121. The Balaban J connectivity index is 2.34. The highest BCUT2D eigenvalue weighted by Crippen LogP contribution is 2.12. The monoisotopic (exact) mass is 273 g/mol. The van der Waals surface area contributed by atoms with Crippen LogP contribution in [0.2, 0.25) is 0 Å². The van der Waals surface area contributed by atoms with Crippen LogP contribution < -0.4 is 10.2 Å². The average Bonchev–Trinajstić information content (AvgIpc) is 3.00. The summed E-state index contributed by atoms with van der Waals surface area (Å²) < 4.78 is 1.45. The van der Waals surface area contributed by atoms with Gasteiger partial charge in [0.05, 0.1) is 12.0 Å². The lowest BCUT2D eigenvalue weighted by Crippen LogP contribution is -2.26. The highest BCUT2D eigenvalue weighted by atomic mass is 15.4. The Labute approximate surface area is 116 Å². The van der Waals surface area contributed by atoms with Crippen LogP contribution in [0.25, 0.3) is 5.95 Å². The number of anilines is 2. The van der Waals surface area contributed by atoms with Gasteiger partial charge in [-0.15, -0.1) is 0 Å². The second-order valence-corrected chi connectivity index (χ2v) is 4.26. The van der Waals surface area contributed by atoms with Crippen molar-refractivity contribution < 1.29 is 0 Å². The SMILES string of the molecule is CNc1nc(N(C)CC(C)C#N)nc(-n2cncn2)n1. The minimum absolute atomic E-state index is 0.121. The first-order valence-corrected chi connectivity index (χ1v) is 6.03. The van der Waals surface area contributed by atoms with Gasteiger partial charge in [0.25, 0.3) is 5.95 Å². The molecule has 1 unspecified atom stereocenters. The fourth-order valence-electron chi connectivity index (χ4n) is 1.58. The second-order valence-electron chi connectivity index (χ2n) is 4.26. The number of rotatable bonds is 5. The van der Waals surface area contributed by atoms with E-state index in [4.69, 9.17) is 5.26 Å². The molecule has 9 nitrogen and oxygen atoms in total. The van der Waals surface area contributed by atoms with Crippen LogP contribution in [0.15, 0.2) is 12.7 Å². The van der Waals surface area contributed by atoms with E-state index in [1.807, 2.05) is 14.0 Å².